The van der Waals surface area contributed by atoms with Gasteiger partial charge in [0.25, 0.3) is 0 Å². The first-order valence-electron chi connectivity index (χ1n) is 6.32. The Balaban J connectivity index is 2.02. The van der Waals surface area contributed by atoms with Crippen molar-refractivity contribution in [1.29, 1.82) is 0 Å². The maximum Gasteiger partial charge on any atom is 0.309 e. The van der Waals surface area contributed by atoms with Gasteiger partial charge >= 0.3 is 5.97 Å². The molecule has 1 aromatic carbocycles. The number of allylic oxidation sites excluding steroid dienone is 2. The summed E-state index contributed by atoms with van der Waals surface area (Å²) < 4.78 is 17.8. The molecule has 0 fully saturated rings. The molecule has 0 spiro atoms. The van der Waals surface area contributed by atoms with Crippen LogP contribution in [0.4, 0.5) is 4.39 Å². The van der Waals surface area contributed by atoms with Gasteiger partial charge in [0.2, 0.25) is 0 Å². The third-order valence-electron chi connectivity index (χ3n) is 3.25. The average Bonchev–Trinajstić information content (AvgIpc) is 2.40. The van der Waals surface area contributed by atoms with Gasteiger partial charge in [-0.05, 0) is 49.5 Å². The Morgan fingerprint density at radius 2 is 2.11 bits per heavy atom. The lowest BCUT2D eigenvalue weighted by Gasteiger charge is -2.20. The van der Waals surface area contributed by atoms with E-state index in [1.165, 1.54) is 17.7 Å². The molecule has 3 heteroatoms. The van der Waals surface area contributed by atoms with Crippen LogP contribution in [0.15, 0.2) is 30.3 Å². The van der Waals surface area contributed by atoms with Crippen LogP contribution in [0.3, 0.4) is 0 Å². The van der Waals surface area contributed by atoms with Gasteiger partial charge in [0.15, 0.2) is 0 Å². The zero-order valence-electron chi connectivity index (χ0n) is 10.5. The van der Waals surface area contributed by atoms with Crippen LogP contribution in [0.2, 0.25) is 0 Å². The first-order chi connectivity index (χ1) is 8.70. The highest BCUT2D eigenvalue weighted by Crippen LogP contribution is 2.30. The molecule has 0 unspecified atom stereocenters. The molecule has 2 nitrogen and oxygen atoms in total. The van der Waals surface area contributed by atoms with Crippen molar-refractivity contribution in [3.63, 3.8) is 0 Å². The summed E-state index contributed by atoms with van der Waals surface area (Å²) in [5.74, 6) is -0.347. The van der Waals surface area contributed by atoms with E-state index >= 15 is 0 Å². The van der Waals surface area contributed by atoms with E-state index in [-0.39, 0.29) is 17.7 Å². The molecule has 96 valence electrons. The molecule has 0 heterocycles. The number of esters is 1. The van der Waals surface area contributed by atoms with Gasteiger partial charge in [-0.3, -0.25) is 4.79 Å². The summed E-state index contributed by atoms with van der Waals surface area (Å²) >= 11 is 0. The Labute approximate surface area is 106 Å². The zero-order valence-corrected chi connectivity index (χ0v) is 10.5. The molecule has 1 atom stereocenters. The molecule has 0 bridgehead atoms. The predicted molar refractivity (Wildman–Crippen MR) is 68.4 cm³/mol. The van der Waals surface area contributed by atoms with E-state index in [2.05, 4.69) is 6.08 Å². The largest absolute Gasteiger partial charge is 0.466 e. The van der Waals surface area contributed by atoms with Crippen molar-refractivity contribution in [3.05, 3.63) is 41.7 Å². The lowest BCUT2D eigenvalue weighted by atomic mass is 9.86. The van der Waals surface area contributed by atoms with Crippen LogP contribution in [0, 0.1) is 11.7 Å². The molecular formula is C15H17FO2. The number of halogens is 1. The molecule has 0 aromatic heterocycles. The fourth-order valence-electron chi connectivity index (χ4n) is 2.23. The molecule has 1 aromatic rings. The Morgan fingerprint density at radius 3 is 2.67 bits per heavy atom. The minimum absolute atomic E-state index is 0.0193. The minimum atomic E-state index is -0.223. The third-order valence-corrected chi connectivity index (χ3v) is 3.25. The zero-order chi connectivity index (χ0) is 13.0. The standard InChI is InChI=1S/C15H17FO2/c1-2-18-15(17)13-5-3-11(4-6-13)12-7-9-14(16)10-8-12/h3,7-10,13H,2,4-6H2,1H3/t13-/m0/s1. The van der Waals surface area contributed by atoms with Gasteiger partial charge in [0, 0.05) is 0 Å². The highest BCUT2D eigenvalue weighted by Gasteiger charge is 2.22. The maximum atomic E-state index is 12.8. The summed E-state index contributed by atoms with van der Waals surface area (Å²) in [7, 11) is 0. The fraction of sp³-hybridized carbons (Fsp3) is 0.400. The molecule has 0 radical (unpaired) electrons. The number of carbonyl (C=O) groups excluding carboxylic acids is 1. The number of hydrogen-bond donors (Lipinski definition) is 0. The second-order valence-corrected chi connectivity index (χ2v) is 4.46. The number of carbonyl (C=O) groups is 1. The van der Waals surface area contributed by atoms with Gasteiger partial charge in [0.1, 0.15) is 5.82 Å². The summed E-state index contributed by atoms with van der Waals surface area (Å²) in [5.41, 5.74) is 2.23. The summed E-state index contributed by atoms with van der Waals surface area (Å²) in [6, 6.07) is 6.50. The molecule has 2 rings (SSSR count). The smallest absolute Gasteiger partial charge is 0.309 e. The normalized spacial score (nSPS) is 19.2. The van der Waals surface area contributed by atoms with Crippen LogP contribution in [0.25, 0.3) is 5.57 Å². The first-order valence-corrected chi connectivity index (χ1v) is 6.32. The van der Waals surface area contributed by atoms with Crippen LogP contribution in [0.5, 0.6) is 0 Å². The molecule has 1 aliphatic carbocycles. The van der Waals surface area contributed by atoms with E-state index in [1.54, 1.807) is 12.1 Å². The maximum absolute atomic E-state index is 12.8. The first kappa shape index (κ1) is 12.8. The van der Waals surface area contributed by atoms with Crippen LogP contribution >= 0.6 is 0 Å². The molecular weight excluding hydrogens is 231 g/mol. The molecule has 1 aliphatic rings. The van der Waals surface area contributed by atoms with Gasteiger partial charge in [-0.15, -0.1) is 0 Å². The topological polar surface area (TPSA) is 26.3 Å². The molecule has 18 heavy (non-hydrogen) atoms. The molecule has 0 saturated heterocycles. The number of benzene rings is 1. The molecule has 0 saturated carbocycles. The fourth-order valence-corrected chi connectivity index (χ4v) is 2.23. The Hall–Kier alpha value is -1.64. The second kappa shape index (κ2) is 5.80. The van der Waals surface area contributed by atoms with Crippen molar-refractivity contribution < 1.29 is 13.9 Å². The van der Waals surface area contributed by atoms with E-state index in [0.717, 1.165) is 18.4 Å². The Bertz CT molecular complexity index is 448. The van der Waals surface area contributed by atoms with Crippen molar-refractivity contribution in [2.45, 2.75) is 26.2 Å². The highest BCUT2D eigenvalue weighted by atomic mass is 19.1. The quantitative estimate of drug-likeness (QED) is 0.764. The number of hydrogen-bond acceptors (Lipinski definition) is 2. The predicted octanol–water partition coefficient (Wildman–Crippen LogP) is 3.57. The summed E-state index contributed by atoms with van der Waals surface area (Å²) in [6.07, 6.45) is 4.43. The minimum Gasteiger partial charge on any atom is -0.466 e. The van der Waals surface area contributed by atoms with Gasteiger partial charge in [0.05, 0.1) is 12.5 Å². The van der Waals surface area contributed by atoms with Gasteiger partial charge in [-0.1, -0.05) is 18.2 Å². The monoisotopic (exact) mass is 248 g/mol. The van der Waals surface area contributed by atoms with Gasteiger partial charge < -0.3 is 4.74 Å². The van der Waals surface area contributed by atoms with E-state index in [0.29, 0.717) is 13.0 Å². The van der Waals surface area contributed by atoms with E-state index in [9.17, 15) is 9.18 Å². The summed E-state index contributed by atoms with van der Waals surface area (Å²) in [4.78, 5) is 11.6. The van der Waals surface area contributed by atoms with E-state index < -0.39 is 0 Å². The van der Waals surface area contributed by atoms with Crippen molar-refractivity contribution in [2.24, 2.45) is 5.92 Å². The number of ether oxygens (including phenoxy) is 1. The highest BCUT2D eigenvalue weighted by molar-refractivity contribution is 5.75. The van der Waals surface area contributed by atoms with Crippen molar-refractivity contribution in [3.8, 4) is 0 Å². The van der Waals surface area contributed by atoms with Gasteiger partial charge in [-0.25, -0.2) is 4.39 Å². The summed E-state index contributed by atoms with van der Waals surface area (Å²) in [6.45, 7) is 2.25. The van der Waals surface area contributed by atoms with E-state index in [1.807, 2.05) is 6.92 Å². The van der Waals surface area contributed by atoms with Crippen molar-refractivity contribution in [2.75, 3.05) is 6.61 Å². The van der Waals surface area contributed by atoms with E-state index in [4.69, 9.17) is 4.74 Å². The number of rotatable bonds is 3. The van der Waals surface area contributed by atoms with Gasteiger partial charge in [-0.2, -0.15) is 0 Å². The lowest BCUT2D eigenvalue weighted by Crippen LogP contribution is -2.19. The molecule has 0 amide bonds. The Morgan fingerprint density at radius 1 is 1.39 bits per heavy atom. The second-order valence-electron chi connectivity index (χ2n) is 4.46. The van der Waals surface area contributed by atoms with Crippen LogP contribution in [-0.4, -0.2) is 12.6 Å². The lowest BCUT2D eigenvalue weighted by molar-refractivity contribution is -0.148. The van der Waals surface area contributed by atoms with Crippen molar-refractivity contribution in [1.82, 2.24) is 0 Å². The molecule has 0 aliphatic heterocycles. The molecule has 0 N–H and O–H groups in total. The summed E-state index contributed by atoms with van der Waals surface area (Å²) in [5, 5.41) is 0. The Kier molecular flexibility index (Phi) is 4.13. The van der Waals surface area contributed by atoms with Crippen LogP contribution in [0.1, 0.15) is 31.7 Å². The van der Waals surface area contributed by atoms with Crippen LogP contribution < -0.4 is 0 Å². The van der Waals surface area contributed by atoms with Crippen molar-refractivity contribution >= 4 is 11.5 Å². The third kappa shape index (κ3) is 2.97. The SMILES string of the molecule is CCOC(=O)[C@H]1CC=C(c2ccc(F)cc2)CC1. The van der Waals surface area contributed by atoms with Crippen LogP contribution in [-0.2, 0) is 9.53 Å². The average molecular weight is 248 g/mol.